The van der Waals surface area contributed by atoms with Gasteiger partial charge in [0.2, 0.25) is 0 Å². The summed E-state index contributed by atoms with van der Waals surface area (Å²) in [5.74, 6) is -0.395. The maximum Gasteiger partial charge on any atom is 0.320 e. The van der Waals surface area contributed by atoms with Gasteiger partial charge in [-0.3, -0.25) is 9.79 Å². The molecule has 0 spiro atoms. The molecule has 0 aromatic heterocycles. The number of nitrogens with zero attached hydrogens (tertiary/aromatic N) is 2. The number of guanidine groups is 1. The molecule has 0 fully saturated rings. The third-order valence-corrected chi connectivity index (χ3v) is 2.60. The molecule has 0 aromatic carbocycles. The summed E-state index contributed by atoms with van der Waals surface area (Å²) in [4.78, 5) is 16.7. The quantitative estimate of drug-likeness (QED) is 0.322. The summed E-state index contributed by atoms with van der Waals surface area (Å²) in [7, 11) is 0. The Balaban J connectivity index is 3.76. The number of hydrogen-bond acceptors (Lipinski definition) is 3. The number of aliphatic carboxylic acids is 1. The van der Waals surface area contributed by atoms with Gasteiger partial charge in [0.1, 0.15) is 6.04 Å². The van der Waals surface area contributed by atoms with E-state index in [9.17, 15) is 4.79 Å². The maximum atomic E-state index is 10.5. The van der Waals surface area contributed by atoms with Crippen molar-refractivity contribution in [3.05, 3.63) is 0 Å². The monoisotopic (exact) mass is 244 g/mol. The minimum atomic E-state index is -0.948. The van der Waals surface area contributed by atoms with E-state index >= 15 is 0 Å². The molecule has 0 aliphatic heterocycles. The Morgan fingerprint density at radius 1 is 1.35 bits per heavy atom. The van der Waals surface area contributed by atoms with Crippen LogP contribution in [0.3, 0.4) is 0 Å². The van der Waals surface area contributed by atoms with E-state index in [1.807, 2.05) is 18.7 Å². The Bertz CT molecular complexity index is 252. The predicted molar refractivity (Wildman–Crippen MR) is 68.9 cm³/mol. The summed E-state index contributed by atoms with van der Waals surface area (Å²) in [6.45, 7) is 6.36. The van der Waals surface area contributed by atoms with Crippen molar-refractivity contribution < 1.29 is 9.90 Å². The van der Waals surface area contributed by atoms with Crippen LogP contribution < -0.4 is 11.5 Å². The number of hydrogen-bond donors (Lipinski definition) is 3. The molecule has 0 bridgehead atoms. The number of carboxylic acid groups (broad SMARTS) is 1. The van der Waals surface area contributed by atoms with Crippen molar-refractivity contribution in [1.82, 2.24) is 4.90 Å². The first-order valence-corrected chi connectivity index (χ1v) is 6.06. The fraction of sp³-hybridized carbons (Fsp3) is 0.818. The van der Waals surface area contributed by atoms with Crippen molar-refractivity contribution in [2.45, 2.75) is 39.2 Å². The van der Waals surface area contributed by atoms with Gasteiger partial charge in [-0.25, -0.2) is 0 Å². The highest BCUT2D eigenvalue weighted by atomic mass is 16.4. The number of aliphatic imine (C=N–C) groups is 1. The van der Waals surface area contributed by atoms with E-state index in [2.05, 4.69) is 4.99 Å². The van der Waals surface area contributed by atoms with Crippen LogP contribution in [0.25, 0.3) is 0 Å². The molecule has 1 atom stereocenters. The van der Waals surface area contributed by atoms with Crippen LogP contribution in [0, 0.1) is 0 Å². The summed E-state index contributed by atoms with van der Waals surface area (Å²) in [6, 6.07) is -0.765. The van der Waals surface area contributed by atoms with Gasteiger partial charge < -0.3 is 21.5 Å². The standard InChI is InChI=1S/C11H24N4O2/c1-3-15(4-2)11(13)14-8-6-5-7-9(12)10(16)17/h9H,3-8,12H2,1-2H3,(H2,13,14)(H,16,17)/t9-/m1/s1. The van der Waals surface area contributed by atoms with E-state index in [4.69, 9.17) is 16.6 Å². The molecule has 6 nitrogen and oxygen atoms in total. The molecule has 6 heteroatoms. The van der Waals surface area contributed by atoms with Crippen LogP contribution in [0.15, 0.2) is 4.99 Å². The molecule has 100 valence electrons. The number of nitrogens with two attached hydrogens (primary N) is 2. The topological polar surface area (TPSA) is 105 Å². The lowest BCUT2D eigenvalue weighted by Crippen LogP contribution is -2.37. The zero-order valence-electron chi connectivity index (χ0n) is 10.7. The van der Waals surface area contributed by atoms with Gasteiger partial charge in [-0.2, -0.15) is 0 Å². The highest BCUT2D eigenvalue weighted by Gasteiger charge is 2.09. The Morgan fingerprint density at radius 3 is 2.41 bits per heavy atom. The van der Waals surface area contributed by atoms with E-state index in [0.29, 0.717) is 18.9 Å². The highest BCUT2D eigenvalue weighted by Crippen LogP contribution is 2.00. The summed E-state index contributed by atoms with van der Waals surface area (Å²) < 4.78 is 0. The van der Waals surface area contributed by atoms with Crippen molar-refractivity contribution in [2.24, 2.45) is 16.5 Å². The molecular weight excluding hydrogens is 220 g/mol. The third-order valence-electron chi connectivity index (χ3n) is 2.60. The van der Waals surface area contributed by atoms with Crippen LogP contribution >= 0.6 is 0 Å². The maximum absolute atomic E-state index is 10.5. The molecule has 0 saturated carbocycles. The summed E-state index contributed by atoms with van der Waals surface area (Å²) in [6.07, 6.45) is 2.04. The zero-order valence-corrected chi connectivity index (χ0v) is 10.7. The second-order valence-corrected chi connectivity index (χ2v) is 3.85. The first-order chi connectivity index (χ1) is 8.02. The lowest BCUT2D eigenvalue weighted by molar-refractivity contribution is -0.138. The number of carboxylic acids is 1. The molecule has 0 radical (unpaired) electrons. The van der Waals surface area contributed by atoms with Crippen molar-refractivity contribution in [2.75, 3.05) is 19.6 Å². The molecule has 17 heavy (non-hydrogen) atoms. The van der Waals surface area contributed by atoms with Crippen molar-refractivity contribution in [3.8, 4) is 0 Å². The number of unbranched alkanes of at least 4 members (excludes halogenated alkanes) is 1. The van der Waals surface area contributed by atoms with Gasteiger partial charge in [0, 0.05) is 19.6 Å². The van der Waals surface area contributed by atoms with Crippen molar-refractivity contribution >= 4 is 11.9 Å². The second kappa shape index (κ2) is 8.81. The Morgan fingerprint density at radius 2 is 1.94 bits per heavy atom. The molecule has 0 heterocycles. The Hall–Kier alpha value is -1.30. The smallest absolute Gasteiger partial charge is 0.320 e. The molecule has 0 aliphatic rings. The lowest BCUT2D eigenvalue weighted by atomic mass is 10.1. The molecule has 0 unspecified atom stereocenters. The SMILES string of the molecule is CCN(CC)C(N)=NCCCC[C@@H](N)C(=O)O. The minimum Gasteiger partial charge on any atom is -0.480 e. The molecule has 0 amide bonds. The normalized spacial score (nSPS) is 13.5. The fourth-order valence-electron chi connectivity index (χ4n) is 1.44. The van der Waals surface area contributed by atoms with E-state index in [0.717, 1.165) is 25.9 Å². The Labute approximate surface area is 103 Å². The number of carbonyl (C=O) groups is 1. The first kappa shape index (κ1) is 15.7. The van der Waals surface area contributed by atoms with E-state index in [-0.39, 0.29) is 0 Å². The summed E-state index contributed by atoms with van der Waals surface area (Å²) in [5, 5.41) is 8.58. The van der Waals surface area contributed by atoms with Crippen LogP contribution in [0.5, 0.6) is 0 Å². The first-order valence-electron chi connectivity index (χ1n) is 6.06. The van der Waals surface area contributed by atoms with Crippen LogP contribution in [-0.2, 0) is 4.79 Å². The van der Waals surface area contributed by atoms with Crippen LogP contribution in [0.2, 0.25) is 0 Å². The summed E-state index contributed by atoms with van der Waals surface area (Å²) in [5.41, 5.74) is 11.2. The van der Waals surface area contributed by atoms with Crippen molar-refractivity contribution in [1.29, 1.82) is 0 Å². The molecule has 0 rings (SSSR count). The molecule has 0 aromatic rings. The van der Waals surface area contributed by atoms with Crippen molar-refractivity contribution in [3.63, 3.8) is 0 Å². The predicted octanol–water partition coefficient (Wildman–Crippen LogP) is 0.225. The average Bonchev–Trinajstić information content (AvgIpc) is 2.29. The largest absolute Gasteiger partial charge is 0.480 e. The van der Waals surface area contributed by atoms with Crippen LogP contribution in [0.4, 0.5) is 0 Å². The van der Waals surface area contributed by atoms with Gasteiger partial charge in [0.25, 0.3) is 0 Å². The van der Waals surface area contributed by atoms with E-state index in [1.54, 1.807) is 0 Å². The van der Waals surface area contributed by atoms with E-state index < -0.39 is 12.0 Å². The third kappa shape index (κ3) is 6.78. The van der Waals surface area contributed by atoms with Gasteiger partial charge in [-0.1, -0.05) is 0 Å². The Kier molecular flexibility index (Phi) is 8.13. The average molecular weight is 244 g/mol. The van der Waals surface area contributed by atoms with Gasteiger partial charge >= 0.3 is 5.97 Å². The van der Waals surface area contributed by atoms with Crippen LogP contribution in [0.1, 0.15) is 33.1 Å². The highest BCUT2D eigenvalue weighted by molar-refractivity contribution is 5.77. The summed E-state index contributed by atoms with van der Waals surface area (Å²) >= 11 is 0. The fourth-order valence-corrected chi connectivity index (χ4v) is 1.44. The van der Waals surface area contributed by atoms with Gasteiger partial charge in [0.15, 0.2) is 5.96 Å². The zero-order chi connectivity index (χ0) is 13.3. The lowest BCUT2D eigenvalue weighted by Gasteiger charge is -2.19. The van der Waals surface area contributed by atoms with Gasteiger partial charge in [0.05, 0.1) is 0 Å². The van der Waals surface area contributed by atoms with E-state index in [1.165, 1.54) is 0 Å². The second-order valence-electron chi connectivity index (χ2n) is 3.85. The molecule has 0 saturated heterocycles. The number of rotatable bonds is 8. The van der Waals surface area contributed by atoms with Crippen LogP contribution in [-0.4, -0.2) is 47.6 Å². The molecule has 0 aliphatic carbocycles. The van der Waals surface area contributed by atoms with Gasteiger partial charge in [-0.15, -0.1) is 0 Å². The molecular formula is C11H24N4O2. The minimum absolute atomic E-state index is 0.482. The van der Waals surface area contributed by atoms with Gasteiger partial charge in [-0.05, 0) is 33.1 Å². The molecule has 5 N–H and O–H groups in total.